The van der Waals surface area contributed by atoms with Gasteiger partial charge in [-0.3, -0.25) is 0 Å². The van der Waals surface area contributed by atoms with Crippen molar-refractivity contribution < 1.29 is 5.11 Å². The van der Waals surface area contributed by atoms with Crippen LogP contribution in [0.2, 0.25) is 0 Å². The number of nitrogens with two attached hydrogens (primary N) is 1. The summed E-state index contributed by atoms with van der Waals surface area (Å²) in [6.45, 7) is 8.53. The smallest absolute Gasteiger partial charge is 0.148 e. The minimum atomic E-state index is -0.381. The summed E-state index contributed by atoms with van der Waals surface area (Å²) >= 11 is 0. The predicted octanol–water partition coefficient (Wildman–Crippen LogP) is 1.45. The van der Waals surface area contributed by atoms with E-state index in [4.69, 9.17) is 5.84 Å². The van der Waals surface area contributed by atoms with E-state index in [0.29, 0.717) is 18.3 Å². The Balaban J connectivity index is 2.77. The van der Waals surface area contributed by atoms with E-state index in [2.05, 4.69) is 34.6 Å². The predicted molar refractivity (Wildman–Crippen MR) is 77.9 cm³/mol. The molecule has 0 radical (unpaired) electrons. The molecule has 0 amide bonds. The standard InChI is InChI=1S/C13H25N5O/c1-5-11-16-12(9(4)13(17-11)18-14)15-7-10(19)6-8(2)3/h8,10,19H,5-7,14H2,1-4H3,(H2,15,16,17,18). The van der Waals surface area contributed by atoms with Crippen LogP contribution in [0.5, 0.6) is 0 Å². The minimum Gasteiger partial charge on any atom is -0.391 e. The van der Waals surface area contributed by atoms with Crippen molar-refractivity contribution in [3.63, 3.8) is 0 Å². The molecular weight excluding hydrogens is 242 g/mol. The summed E-state index contributed by atoms with van der Waals surface area (Å²) in [6, 6.07) is 0. The quantitative estimate of drug-likeness (QED) is 0.441. The molecule has 0 aliphatic rings. The number of aryl methyl sites for hydroxylation is 1. The average Bonchev–Trinajstić information content (AvgIpc) is 2.36. The summed E-state index contributed by atoms with van der Waals surface area (Å²) in [5.74, 6) is 7.98. The van der Waals surface area contributed by atoms with Gasteiger partial charge >= 0.3 is 0 Å². The van der Waals surface area contributed by atoms with Crippen LogP contribution < -0.4 is 16.6 Å². The molecule has 0 spiro atoms. The third-order valence-electron chi connectivity index (χ3n) is 2.89. The van der Waals surface area contributed by atoms with Crippen molar-refractivity contribution in [2.24, 2.45) is 11.8 Å². The van der Waals surface area contributed by atoms with Crippen LogP contribution in [0.1, 0.15) is 38.6 Å². The summed E-state index contributed by atoms with van der Waals surface area (Å²) < 4.78 is 0. The fourth-order valence-corrected chi connectivity index (χ4v) is 1.88. The van der Waals surface area contributed by atoms with Gasteiger partial charge in [-0.2, -0.15) is 0 Å². The van der Waals surface area contributed by atoms with Gasteiger partial charge in [0.15, 0.2) is 0 Å². The van der Waals surface area contributed by atoms with Crippen molar-refractivity contribution in [3.8, 4) is 0 Å². The first-order chi connectivity index (χ1) is 8.97. The lowest BCUT2D eigenvalue weighted by atomic mass is 10.1. The van der Waals surface area contributed by atoms with Crippen LogP contribution in [-0.4, -0.2) is 27.7 Å². The molecule has 0 fully saturated rings. The molecule has 19 heavy (non-hydrogen) atoms. The first-order valence-corrected chi connectivity index (χ1v) is 6.73. The largest absolute Gasteiger partial charge is 0.391 e. The average molecular weight is 267 g/mol. The Kier molecular flexibility index (Phi) is 5.98. The monoisotopic (exact) mass is 267 g/mol. The van der Waals surface area contributed by atoms with Crippen LogP contribution in [0, 0.1) is 12.8 Å². The molecule has 0 saturated heterocycles. The first-order valence-electron chi connectivity index (χ1n) is 6.73. The van der Waals surface area contributed by atoms with E-state index < -0.39 is 0 Å². The number of hydrogen-bond acceptors (Lipinski definition) is 6. The van der Waals surface area contributed by atoms with Crippen LogP contribution in [0.15, 0.2) is 0 Å². The third kappa shape index (κ3) is 4.65. The Morgan fingerprint density at radius 1 is 1.26 bits per heavy atom. The maximum atomic E-state index is 9.88. The van der Waals surface area contributed by atoms with E-state index >= 15 is 0 Å². The number of nitrogens with one attached hydrogen (secondary N) is 2. The Labute approximate surface area is 114 Å². The molecule has 1 aromatic heterocycles. The Morgan fingerprint density at radius 2 is 1.89 bits per heavy atom. The zero-order valence-electron chi connectivity index (χ0n) is 12.2. The normalized spacial score (nSPS) is 12.6. The van der Waals surface area contributed by atoms with E-state index in [1.54, 1.807) is 0 Å². The molecule has 0 aromatic carbocycles. The Hall–Kier alpha value is -1.40. The van der Waals surface area contributed by atoms with E-state index in [1.807, 2.05) is 13.8 Å². The van der Waals surface area contributed by atoms with Gasteiger partial charge in [0.2, 0.25) is 0 Å². The fraction of sp³-hybridized carbons (Fsp3) is 0.692. The zero-order valence-corrected chi connectivity index (χ0v) is 12.2. The number of rotatable bonds is 7. The van der Waals surface area contributed by atoms with Gasteiger partial charge in [-0.05, 0) is 19.3 Å². The van der Waals surface area contributed by atoms with E-state index in [-0.39, 0.29) is 6.10 Å². The van der Waals surface area contributed by atoms with Gasteiger partial charge < -0.3 is 15.8 Å². The van der Waals surface area contributed by atoms with Crippen LogP contribution in [0.25, 0.3) is 0 Å². The van der Waals surface area contributed by atoms with Gasteiger partial charge in [0.1, 0.15) is 17.5 Å². The highest BCUT2D eigenvalue weighted by Crippen LogP contribution is 2.19. The maximum absolute atomic E-state index is 9.88. The summed E-state index contributed by atoms with van der Waals surface area (Å²) in [5, 5.41) is 13.0. The molecule has 0 aliphatic heterocycles. The van der Waals surface area contributed by atoms with Gasteiger partial charge in [0.25, 0.3) is 0 Å². The summed E-state index contributed by atoms with van der Waals surface area (Å²) in [5.41, 5.74) is 3.43. The highest BCUT2D eigenvalue weighted by Gasteiger charge is 2.12. The number of aliphatic hydroxyl groups is 1. The lowest BCUT2D eigenvalue weighted by Gasteiger charge is -2.17. The molecule has 1 unspecified atom stereocenters. The number of aromatic nitrogens is 2. The van der Waals surface area contributed by atoms with Crippen LogP contribution in [0.4, 0.5) is 11.6 Å². The second-order valence-electron chi connectivity index (χ2n) is 5.12. The summed E-state index contributed by atoms with van der Waals surface area (Å²) in [6.07, 6.45) is 1.12. The lowest BCUT2D eigenvalue weighted by Crippen LogP contribution is -2.23. The minimum absolute atomic E-state index is 0.381. The van der Waals surface area contributed by atoms with Gasteiger partial charge in [-0.25, -0.2) is 15.8 Å². The van der Waals surface area contributed by atoms with E-state index in [9.17, 15) is 5.11 Å². The van der Waals surface area contributed by atoms with Crippen molar-refractivity contribution in [1.82, 2.24) is 9.97 Å². The van der Waals surface area contributed by atoms with E-state index in [1.165, 1.54) is 0 Å². The number of hydrogen-bond donors (Lipinski definition) is 4. The van der Waals surface area contributed by atoms with Crippen LogP contribution in [-0.2, 0) is 6.42 Å². The molecule has 1 atom stereocenters. The van der Waals surface area contributed by atoms with Gasteiger partial charge in [0, 0.05) is 18.5 Å². The molecular formula is C13H25N5O. The molecule has 0 aliphatic carbocycles. The number of aliphatic hydroxyl groups excluding tert-OH is 1. The molecule has 1 aromatic rings. The van der Waals surface area contributed by atoms with Crippen molar-refractivity contribution in [2.75, 3.05) is 17.3 Å². The van der Waals surface area contributed by atoms with Crippen molar-refractivity contribution >= 4 is 11.6 Å². The number of anilines is 2. The molecule has 1 heterocycles. The summed E-state index contributed by atoms with van der Waals surface area (Å²) in [4.78, 5) is 8.72. The number of nitrogen functional groups attached to an aromatic ring is 1. The third-order valence-corrected chi connectivity index (χ3v) is 2.89. The van der Waals surface area contributed by atoms with Gasteiger partial charge in [0.05, 0.1) is 6.10 Å². The second kappa shape index (κ2) is 7.25. The first kappa shape index (κ1) is 15.7. The van der Waals surface area contributed by atoms with Gasteiger partial charge in [-0.15, -0.1) is 0 Å². The molecule has 0 bridgehead atoms. The molecule has 6 heteroatoms. The van der Waals surface area contributed by atoms with Crippen molar-refractivity contribution in [3.05, 3.63) is 11.4 Å². The Bertz CT molecular complexity index is 408. The second-order valence-corrected chi connectivity index (χ2v) is 5.12. The topological polar surface area (TPSA) is 96.1 Å². The zero-order chi connectivity index (χ0) is 14.4. The van der Waals surface area contributed by atoms with Crippen molar-refractivity contribution in [2.45, 2.75) is 46.6 Å². The number of hydrazine groups is 1. The highest BCUT2D eigenvalue weighted by atomic mass is 16.3. The number of nitrogens with zero attached hydrogens (tertiary/aromatic N) is 2. The van der Waals surface area contributed by atoms with Gasteiger partial charge in [-0.1, -0.05) is 20.8 Å². The van der Waals surface area contributed by atoms with Crippen molar-refractivity contribution in [1.29, 1.82) is 0 Å². The molecule has 108 valence electrons. The van der Waals surface area contributed by atoms with Crippen LogP contribution in [0.3, 0.4) is 0 Å². The highest BCUT2D eigenvalue weighted by molar-refractivity contribution is 5.56. The lowest BCUT2D eigenvalue weighted by molar-refractivity contribution is 0.161. The maximum Gasteiger partial charge on any atom is 0.148 e. The summed E-state index contributed by atoms with van der Waals surface area (Å²) in [7, 11) is 0. The Morgan fingerprint density at radius 3 is 2.42 bits per heavy atom. The van der Waals surface area contributed by atoms with E-state index in [0.717, 1.165) is 30.0 Å². The fourth-order valence-electron chi connectivity index (χ4n) is 1.88. The molecule has 1 rings (SSSR count). The molecule has 6 nitrogen and oxygen atoms in total. The SMILES string of the molecule is CCc1nc(NN)c(C)c(NCC(O)CC(C)C)n1. The molecule has 5 N–H and O–H groups in total. The van der Waals surface area contributed by atoms with Crippen LogP contribution >= 0.6 is 0 Å². The molecule has 0 saturated carbocycles.